The number of ether oxygens (including phenoxy) is 2. The summed E-state index contributed by atoms with van der Waals surface area (Å²) in [6.07, 6.45) is 0.566. The van der Waals surface area contributed by atoms with E-state index in [1.54, 1.807) is 6.07 Å². The average molecular weight is 398 g/mol. The van der Waals surface area contributed by atoms with E-state index >= 15 is 0 Å². The molecule has 0 saturated heterocycles. The van der Waals surface area contributed by atoms with Crippen molar-refractivity contribution in [2.24, 2.45) is 17.3 Å². The van der Waals surface area contributed by atoms with E-state index in [2.05, 4.69) is 6.92 Å². The van der Waals surface area contributed by atoms with Gasteiger partial charge in [0.15, 0.2) is 0 Å². The molecule has 1 N–H and O–H groups in total. The van der Waals surface area contributed by atoms with Crippen molar-refractivity contribution in [1.82, 2.24) is 0 Å². The van der Waals surface area contributed by atoms with Crippen LogP contribution in [0.3, 0.4) is 0 Å². The lowest BCUT2D eigenvalue weighted by Gasteiger charge is -2.50. The second-order valence-electron chi connectivity index (χ2n) is 8.94. The van der Waals surface area contributed by atoms with Gasteiger partial charge in [0.2, 0.25) is 0 Å². The summed E-state index contributed by atoms with van der Waals surface area (Å²) < 4.78 is 51.5. The molecule has 156 valence electrons. The van der Waals surface area contributed by atoms with E-state index in [1.165, 1.54) is 13.2 Å². The average Bonchev–Trinajstić information content (AvgIpc) is 2.95. The van der Waals surface area contributed by atoms with Crippen LogP contribution in [0.2, 0.25) is 0 Å². The zero-order valence-corrected chi connectivity index (χ0v) is 16.5. The smallest absolute Gasteiger partial charge is 0.419 e. The van der Waals surface area contributed by atoms with E-state index in [0.29, 0.717) is 11.8 Å². The van der Waals surface area contributed by atoms with Crippen LogP contribution in [0.25, 0.3) is 0 Å². The lowest BCUT2D eigenvalue weighted by atomic mass is 9.55. The monoisotopic (exact) mass is 398 g/mol. The van der Waals surface area contributed by atoms with Crippen LogP contribution in [0.1, 0.15) is 61.6 Å². The van der Waals surface area contributed by atoms with E-state index < -0.39 is 11.7 Å². The molecule has 1 aromatic carbocycles. The Morgan fingerprint density at radius 3 is 2.64 bits per heavy atom. The first-order valence-corrected chi connectivity index (χ1v) is 10.3. The van der Waals surface area contributed by atoms with Gasteiger partial charge >= 0.3 is 6.18 Å². The lowest BCUT2D eigenvalue weighted by Crippen LogP contribution is -2.44. The highest BCUT2D eigenvalue weighted by molar-refractivity contribution is 5.47. The molecule has 2 fully saturated rings. The Morgan fingerprint density at radius 2 is 1.93 bits per heavy atom. The summed E-state index contributed by atoms with van der Waals surface area (Å²) >= 11 is 0. The molecule has 1 aromatic rings. The predicted molar refractivity (Wildman–Crippen MR) is 99.4 cm³/mol. The van der Waals surface area contributed by atoms with Crippen LogP contribution < -0.4 is 4.74 Å². The number of rotatable bonds is 4. The minimum Gasteiger partial charge on any atom is -0.491 e. The standard InChI is InChI=1S/C22H29F3O3/c1-21-8-7-14-15(17(21)5-6-20(21)26)4-3-13-11-19(28-10-9-27-2)18(12-16(13)14)22(23,24)25/h11-12,14-15,17,20,26H,3-10H2,1-2H3. The second kappa shape index (κ2) is 7.21. The third-order valence-electron chi connectivity index (χ3n) is 7.63. The molecule has 0 amide bonds. The largest absolute Gasteiger partial charge is 0.491 e. The van der Waals surface area contributed by atoms with Crippen molar-refractivity contribution in [3.8, 4) is 5.75 Å². The molecule has 28 heavy (non-hydrogen) atoms. The highest BCUT2D eigenvalue weighted by Crippen LogP contribution is 2.61. The molecule has 6 heteroatoms. The van der Waals surface area contributed by atoms with Gasteiger partial charge in [0.25, 0.3) is 0 Å². The summed E-state index contributed by atoms with van der Waals surface area (Å²) in [5.41, 5.74) is 1.09. The minimum atomic E-state index is -4.45. The molecular weight excluding hydrogens is 369 g/mol. The van der Waals surface area contributed by atoms with E-state index in [1.807, 2.05) is 0 Å². The van der Waals surface area contributed by atoms with Crippen molar-refractivity contribution >= 4 is 0 Å². The van der Waals surface area contributed by atoms with Gasteiger partial charge in [-0.1, -0.05) is 6.92 Å². The molecule has 0 spiro atoms. The molecule has 0 aromatic heterocycles. The molecule has 0 bridgehead atoms. The maximum absolute atomic E-state index is 13.7. The number of alkyl halides is 3. The normalized spacial score (nSPS) is 34.5. The summed E-state index contributed by atoms with van der Waals surface area (Å²) in [4.78, 5) is 0. The Balaban J connectivity index is 1.68. The Kier molecular flexibility index (Phi) is 5.15. The first-order valence-electron chi connectivity index (χ1n) is 10.3. The number of hydrogen-bond donors (Lipinski definition) is 1. The predicted octanol–water partition coefficient (Wildman–Crippen LogP) is 4.95. The highest BCUT2D eigenvalue weighted by Gasteiger charge is 2.54. The van der Waals surface area contributed by atoms with Crippen LogP contribution in [0.15, 0.2) is 12.1 Å². The Morgan fingerprint density at radius 1 is 1.14 bits per heavy atom. The SMILES string of the molecule is COCCOc1cc2c(cc1C(F)(F)F)C1CCC3(C)C(O)CCC3C1CC2. The minimum absolute atomic E-state index is 0.0747. The van der Waals surface area contributed by atoms with Gasteiger partial charge in [-0.2, -0.15) is 13.2 Å². The number of aryl methyl sites for hydroxylation is 1. The van der Waals surface area contributed by atoms with Crippen molar-refractivity contribution in [3.05, 3.63) is 28.8 Å². The third kappa shape index (κ3) is 3.22. The number of halogens is 3. The van der Waals surface area contributed by atoms with Gasteiger partial charge in [-0.25, -0.2) is 0 Å². The summed E-state index contributed by atoms with van der Waals surface area (Å²) in [5.74, 6) is 0.839. The molecule has 5 atom stereocenters. The number of methoxy groups -OCH3 is 1. The van der Waals surface area contributed by atoms with E-state index in [-0.39, 0.29) is 36.4 Å². The molecule has 5 unspecified atom stereocenters. The van der Waals surface area contributed by atoms with Crippen molar-refractivity contribution in [2.75, 3.05) is 20.3 Å². The van der Waals surface area contributed by atoms with Crippen molar-refractivity contribution < 1.29 is 27.8 Å². The van der Waals surface area contributed by atoms with Crippen molar-refractivity contribution in [2.45, 2.75) is 63.6 Å². The van der Waals surface area contributed by atoms with Crippen LogP contribution in [-0.4, -0.2) is 31.5 Å². The van der Waals surface area contributed by atoms with Crippen molar-refractivity contribution in [1.29, 1.82) is 0 Å². The van der Waals surface area contributed by atoms with Crippen LogP contribution in [0, 0.1) is 17.3 Å². The molecule has 4 rings (SSSR count). The summed E-state index contributed by atoms with van der Waals surface area (Å²) in [6.45, 7) is 2.53. The maximum atomic E-state index is 13.7. The molecule has 0 radical (unpaired) electrons. The summed E-state index contributed by atoms with van der Waals surface area (Å²) in [7, 11) is 1.50. The molecule has 0 heterocycles. The van der Waals surface area contributed by atoms with Gasteiger partial charge in [0, 0.05) is 7.11 Å². The van der Waals surface area contributed by atoms with Gasteiger partial charge in [-0.15, -0.1) is 0 Å². The summed E-state index contributed by atoms with van der Waals surface area (Å²) in [5, 5.41) is 10.5. The van der Waals surface area contributed by atoms with Gasteiger partial charge in [-0.05, 0) is 85.0 Å². The van der Waals surface area contributed by atoms with Crippen molar-refractivity contribution in [3.63, 3.8) is 0 Å². The number of benzene rings is 1. The Labute approximate surface area is 164 Å². The van der Waals surface area contributed by atoms with E-state index in [0.717, 1.165) is 49.7 Å². The topological polar surface area (TPSA) is 38.7 Å². The Bertz CT molecular complexity index is 732. The van der Waals surface area contributed by atoms with Crippen LogP contribution >= 0.6 is 0 Å². The first-order chi connectivity index (χ1) is 13.3. The van der Waals surface area contributed by atoms with Gasteiger partial charge < -0.3 is 14.6 Å². The fraction of sp³-hybridized carbons (Fsp3) is 0.727. The number of aliphatic hydroxyl groups is 1. The zero-order valence-electron chi connectivity index (χ0n) is 16.5. The molecule has 3 aliphatic carbocycles. The quantitative estimate of drug-likeness (QED) is 0.730. The maximum Gasteiger partial charge on any atom is 0.419 e. The zero-order chi connectivity index (χ0) is 20.1. The first kappa shape index (κ1) is 20.0. The number of fused-ring (bicyclic) bond motifs is 5. The number of hydrogen-bond acceptors (Lipinski definition) is 3. The van der Waals surface area contributed by atoms with E-state index in [4.69, 9.17) is 9.47 Å². The molecule has 2 saturated carbocycles. The number of aliphatic hydroxyl groups excluding tert-OH is 1. The van der Waals surface area contributed by atoms with Gasteiger partial charge in [0.1, 0.15) is 12.4 Å². The van der Waals surface area contributed by atoms with Gasteiger partial charge in [0.05, 0.1) is 18.3 Å². The third-order valence-corrected chi connectivity index (χ3v) is 7.63. The van der Waals surface area contributed by atoms with Crippen LogP contribution in [-0.2, 0) is 17.3 Å². The molecule has 3 nitrogen and oxygen atoms in total. The van der Waals surface area contributed by atoms with E-state index in [9.17, 15) is 18.3 Å². The van der Waals surface area contributed by atoms with Gasteiger partial charge in [-0.3, -0.25) is 0 Å². The van der Waals surface area contributed by atoms with Crippen LogP contribution in [0.4, 0.5) is 13.2 Å². The lowest BCUT2D eigenvalue weighted by molar-refractivity contribution is -0.139. The fourth-order valence-corrected chi connectivity index (χ4v) is 6.15. The molecular formula is C22H29F3O3. The fourth-order valence-electron chi connectivity index (χ4n) is 6.15. The molecule has 3 aliphatic rings. The second-order valence-corrected chi connectivity index (χ2v) is 8.94. The van der Waals surface area contributed by atoms with Crippen LogP contribution in [0.5, 0.6) is 5.75 Å². The summed E-state index contributed by atoms with van der Waals surface area (Å²) in [6, 6.07) is 2.96. The Hall–Kier alpha value is -1.27. The molecule has 0 aliphatic heterocycles. The highest BCUT2D eigenvalue weighted by atomic mass is 19.4.